The molecular formula is C29H43N3O3S. The Morgan fingerprint density at radius 3 is 2.58 bits per heavy atom. The number of hydrogen-bond donors (Lipinski definition) is 1. The fourth-order valence-corrected chi connectivity index (χ4v) is 6.36. The molecule has 2 aromatic rings. The van der Waals surface area contributed by atoms with Gasteiger partial charge in [-0.1, -0.05) is 24.3 Å². The zero-order chi connectivity index (χ0) is 25.7. The smallest absolute Gasteiger partial charge is 0.251 e. The molecule has 7 heteroatoms. The van der Waals surface area contributed by atoms with E-state index >= 15 is 0 Å². The fourth-order valence-electron chi connectivity index (χ4n) is 5.57. The lowest BCUT2D eigenvalue weighted by Gasteiger charge is -2.50. The maximum absolute atomic E-state index is 12.6. The van der Waals surface area contributed by atoms with Crippen LogP contribution in [0.5, 0.6) is 5.75 Å². The molecule has 0 saturated carbocycles. The molecule has 2 saturated heterocycles. The van der Waals surface area contributed by atoms with Crippen LogP contribution in [0.4, 0.5) is 0 Å². The number of benzene rings is 1. The molecule has 1 aromatic heterocycles. The van der Waals surface area contributed by atoms with Gasteiger partial charge in [0.05, 0.1) is 12.1 Å². The van der Waals surface area contributed by atoms with E-state index in [1.807, 2.05) is 18.9 Å². The Labute approximate surface area is 221 Å². The molecule has 0 bridgehead atoms. The van der Waals surface area contributed by atoms with Crippen molar-refractivity contribution in [2.24, 2.45) is 0 Å². The largest absolute Gasteiger partial charge is 0.485 e. The minimum atomic E-state index is -0.353. The number of para-hydroxylation sites is 1. The number of carbonyl (C=O) groups excluding carboxylic acids is 1. The van der Waals surface area contributed by atoms with Gasteiger partial charge in [-0.15, -0.1) is 11.3 Å². The summed E-state index contributed by atoms with van der Waals surface area (Å²) in [6, 6.07) is 13.4. The third kappa shape index (κ3) is 6.31. The Morgan fingerprint density at radius 2 is 1.92 bits per heavy atom. The van der Waals surface area contributed by atoms with Gasteiger partial charge in [0.1, 0.15) is 18.0 Å². The van der Waals surface area contributed by atoms with Crippen LogP contribution in [0.15, 0.2) is 41.8 Å². The van der Waals surface area contributed by atoms with Gasteiger partial charge < -0.3 is 24.6 Å². The van der Waals surface area contributed by atoms with Crippen molar-refractivity contribution in [2.75, 3.05) is 33.2 Å². The van der Waals surface area contributed by atoms with Gasteiger partial charge in [-0.2, -0.15) is 0 Å². The van der Waals surface area contributed by atoms with Crippen LogP contribution in [0, 0.1) is 0 Å². The van der Waals surface area contributed by atoms with E-state index in [0.29, 0.717) is 12.6 Å². The topological polar surface area (TPSA) is 54.0 Å². The van der Waals surface area contributed by atoms with Gasteiger partial charge in [-0.05, 0) is 83.6 Å². The van der Waals surface area contributed by atoms with Crippen LogP contribution < -0.4 is 10.1 Å². The number of nitrogens with zero attached hydrogens (tertiary/aromatic N) is 2. The highest BCUT2D eigenvalue weighted by Crippen LogP contribution is 2.35. The molecule has 2 aliphatic rings. The van der Waals surface area contributed by atoms with Crippen LogP contribution in [-0.4, -0.2) is 72.7 Å². The lowest BCUT2D eigenvalue weighted by atomic mass is 9.87. The van der Waals surface area contributed by atoms with E-state index in [1.165, 1.54) is 10.4 Å². The molecular weight excluding hydrogens is 470 g/mol. The summed E-state index contributed by atoms with van der Waals surface area (Å²) in [6.07, 6.45) is 3.50. The highest BCUT2D eigenvalue weighted by molar-refractivity contribution is 7.10. The number of amides is 1. The molecule has 1 spiro atoms. The summed E-state index contributed by atoms with van der Waals surface area (Å²) >= 11 is 1.76. The molecule has 36 heavy (non-hydrogen) atoms. The Kier molecular flexibility index (Phi) is 9.10. The van der Waals surface area contributed by atoms with Crippen molar-refractivity contribution in [2.45, 2.75) is 83.3 Å². The number of likely N-dealkylation sites (tertiary alicyclic amines) is 1. The molecule has 2 aliphatic heterocycles. The molecule has 1 amide bonds. The first-order valence-electron chi connectivity index (χ1n) is 13.5. The standard InChI is InChI=1S/C29H43N3O3S/c1-21(2)32-20-29(35-23(4)28(32)33)13-16-31(17-14-29)22(3)19-24-9-6-7-10-25(24)34-26(12-15-30-5)27-11-8-18-36-27/h6-11,18,21-23,26,30H,12-17,19-20H2,1-5H3/t22?,23-,26?/m1/s1. The van der Waals surface area contributed by atoms with Crippen LogP contribution in [0.1, 0.15) is 63.5 Å². The lowest BCUT2D eigenvalue weighted by molar-refractivity contribution is -0.193. The predicted molar refractivity (Wildman–Crippen MR) is 147 cm³/mol. The quantitative estimate of drug-likeness (QED) is 0.490. The number of morpholine rings is 1. The number of ether oxygens (including phenoxy) is 2. The van der Waals surface area contributed by atoms with Crippen molar-refractivity contribution >= 4 is 17.2 Å². The van der Waals surface area contributed by atoms with Gasteiger partial charge in [-0.25, -0.2) is 0 Å². The van der Waals surface area contributed by atoms with Crippen LogP contribution >= 0.6 is 11.3 Å². The molecule has 198 valence electrons. The number of rotatable bonds is 10. The summed E-state index contributed by atoms with van der Waals surface area (Å²) < 4.78 is 13.0. The van der Waals surface area contributed by atoms with Gasteiger partial charge in [0.25, 0.3) is 5.91 Å². The van der Waals surface area contributed by atoms with Crippen molar-refractivity contribution in [1.29, 1.82) is 0 Å². The van der Waals surface area contributed by atoms with Crippen LogP contribution in [0.2, 0.25) is 0 Å². The van der Waals surface area contributed by atoms with Crippen molar-refractivity contribution in [3.05, 3.63) is 52.2 Å². The van der Waals surface area contributed by atoms with Crippen molar-refractivity contribution in [1.82, 2.24) is 15.1 Å². The zero-order valence-corrected chi connectivity index (χ0v) is 23.4. The summed E-state index contributed by atoms with van der Waals surface area (Å²) in [5, 5.41) is 5.38. The summed E-state index contributed by atoms with van der Waals surface area (Å²) in [5.41, 5.74) is 1.05. The minimum absolute atomic E-state index is 0.0563. The first-order valence-corrected chi connectivity index (χ1v) is 14.3. The van der Waals surface area contributed by atoms with Crippen molar-refractivity contribution in [3.8, 4) is 5.75 Å². The Hall–Kier alpha value is -1.93. The molecule has 0 radical (unpaired) electrons. The number of hydrogen-bond acceptors (Lipinski definition) is 6. The first kappa shape index (κ1) is 27.1. The van der Waals surface area contributed by atoms with E-state index < -0.39 is 0 Å². The van der Waals surface area contributed by atoms with Gasteiger partial charge >= 0.3 is 0 Å². The van der Waals surface area contributed by atoms with Gasteiger partial charge in [-0.3, -0.25) is 4.79 Å². The lowest BCUT2D eigenvalue weighted by Crippen LogP contribution is -2.63. The summed E-state index contributed by atoms with van der Waals surface area (Å²) in [6.45, 7) is 12.0. The maximum Gasteiger partial charge on any atom is 0.251 e. The molecule has 2 fully saturated rings. The second-order valence-electron chi connectivity index (χ2n) is 10.7. The maximum atomic E-state index is 12.6. The second-order valence-corrected chi connectivity index (χ2v) is 11.7. The van der Waals surface area contributed by atoms with Crippen molar-refractivity contribution in [3.63, 3.8) is 0 Å². The average molecular weight is 514 g/mol. The number of thiophene rings is 1. The third-order valence-electron chi connectivity index (χ3n) is 7.75. The van der Waals surface area contributed by atoms with Gasteiger partial charge in [0, 0.05) is 36.5 Å². The zero-order valence-electron chi connectivity index (χ0n) is 22.5. The van der Waals surface area contributed by atoms with Gasteiger partial charge in [0.2, 0.25) is 0 Å². The normalized spacial score (nSPS) is 22.2. The van der Waals surface area contributed by atoms with Crippen LogP contribution in [0.25, 0.3) is 0 Å². The van der Waals surface area contributed by atoms with E-state index in [4.69, 9.17) is 9.47 Å². The van der Waals surface area contributed by atoms with E-state index in [0.717, 1.165) is 51.1 Å². The van der Waals surface area contributed by atoms with E-state index in [9.17, 15) is 4.79 Å². The molecule has 2 unspecified atom stereocenters. The monoisotopic (exact) mass is 513 g/mol. The SMILES string of the molecule is CNCCC(Oc1ccccc1CC(C)N1CCC2(CC1)CN(C(C)C)C(=O)[C@@H](C)O2)c1cccs1. The summed E-state index contributed by atoms with van der Waals surface area (Å²) in [7, 11) is 1.99. The first-order chi connectivity index (χ1) is 17.3. The highest BCUT2D eigenvalue weighted by Gasteiger charge is 2.46. The molecule has 1 aromatic carbocycles. The summed E-state index contributed by atoms with van der Waals surface area (Å²) in [4.78, 5) is 18.4. The second kappa shape index (κ2) is 12.1. The molecule has 6 nitrogen and oxygen atoms in total. The molecule has 3 atom stereocenters. The Bertz CT molecular complexity index is 972. The average Bonchev–Trinajstić information content (AvgIpc) is 3.40. The Morgan fingerprint density at radius 1 is 1.17 bits per heavy atom. The number of nitrogens with one attached hydrogen (secondary N) is 1. The molecule has 0 aliphatic carbocycles. The van der Waals surface area contributed by atoms with E-state index in [-0.39, 0.29) is 29.8 Å². The van der Waals surface area contributed by atoms with Crippen LogP contribution in [-0.2, 0) is 16.0 Å². The van der Waals surface area contributed by atoms with Crippen LogP contribution in [0.3, 0.4) is 0 Å². The van der Waals surface area contributed by atoms with Crippen molar-refractivity contribution < 1.29 is 14.3 Å². The van der Waals surface area contributed by atoms with E-state index in [1.54, 1.807) is 11.3 Å². The highest BCUT2D eigenvalue weighted by atomic mass is 32.1. The predicted octanol–water partition coefficient (Wildman–Crippen LogP) is 4.90. The Balaban J connectivity index is 1.39. The number of piperidine rings is 1. The minimum Gasteiger partial charge on any atom is -0.485 e. The summed E-state index contributed by atoms with van der Waals surface area (Å²) in [5.74, 6) is 1.11. The molecule has 4 rings (SSSR count). The third-order valence-corrected chi connectivity index (χ3v) is 8.71. The van der Waals surface area contributed by atoms with E-state index in [2.05, 4.69) is 72.8 Å². The number of carbonyl (C=O) groups is 1. The fraction of sp³-hybridized carbons (Fsp3) is 0.621. The molecule has 1 N–H and O–H groups in total. The molecule has 3 heterocycles. The van der Waals surface area contributed by atoms with Gasteiger partial charge in [0.15, 0.2) is 0 Å².